The van der Waals surface area contributed by atoms with Crippen molar-refractivity contribution in [3.8, 4) is 0 Å². The number of alkyl halides is 1. The van der Waals surface area contributed by atoms with E-state index in [0.29, 0.717) is 25.8 Å². The first-order valence-corrected chi connectivity index (χ1v) is 24.6. The summed E-state index contributed by atoms with van der Waals surface area (Å²) in [4.78, 5) is 12.8. The summed E-state index contributed by atoms with van der Waals surface area (Å²) in [5, 5.41) is 176. The zero-order valence-electron chi connectivity index (χ0n) is 40.8. The largest absolute Gasteiger partial charge is 0.394 e. The number of hydrogen-bond donors (Lipinski definition) is 18. The molecule has 6 saturated heterocycles. The minimum Gasteiger partial charge on any atom is -0.394 e. The zero-order chi connectivity index (χ0) is 55.2. The summed E-state index contributed by atoms with van der Waals surface area (Å²) in [6, 6.07) is -1.79. The predicted molar refractivity (Wildman–Crippen MR) is 235 cm³/mol. The van der Waals surface area contributed by atoms with Gasteiger partial charge >= 0.3 is 0 Å². The number of carbonyl (C=O) groups is 1. The Balaban J connectivity index is 1.20. The van der Waals surface area contributed by atoms with Gasteiger partial charge in [-0.1, -0.05) is 0 Å². The Morgan fingerprint density at radius 3 is 1.48 bits per heavy atom. The van der Waals surface area contributed by atoms with Gasteiger partial charge in [0.15, 0.2) is 37.7 Å². The maximum absolute atomic E-state index is 14.3. The molecular formula is C43H75FN2O29. The van der Waals surface area contributed by atoms with Gasteiger partial charge in [0.2, 0.25) is 5.91 Å². The zero-order valence-corrected chi connectivity index (χ0v) is 40.8. The maximum atomic E-state index is 14.3. The lowest BCUT2D eigenvalue weighted by Gasteiger charge is -2.51. The highest BCUT2D eigenvalue weighted by molar-refractivity contribution is 5.73. The van der Waals surface area contributed by atoms with Crippen molar-refractivity contribution >= 4 is 5.91 Å². The molecule has 0 radical (unpaired) electrons. The first-order valence-electron chi connectivity index (χ1n) is 24.6. The molecule has 0 aromatic rings. The Labute approximate surface area is 427 Å². The summed E-state index contributed by atoms with van der Waals surface area (Å²) < 4.78 is 83.1. The van der Waals surface area contributed by atoms with Gasteiger partial charge in [-0.15, -0.1) is 0 Å². The molecule has 19 N–H and O–H groups in total. The first kappa shape index (κ1) is 62.4. The number of carbonyl (C=O) groups excluding carboxylic acids is 1. The van der Waals surface area contributed by atoms with Gasteiger partial charge in [-0.3, -0.25) is 4.79 Å². The fraction of sp³-hybridized carbons (Fsp3) is 0.977. The molecule has 6 heterocycles. The third kappa shape index (κ3) is 14.1. The lowest BCUT2D eigenvalue weighted by Crippen LogP contribution is -2.70. The molecule has 30 atom stereocenters. The second kappa shape index (κ2) is 28.1. The minimum absolute atomic E-state index is 0.0705. The monoisotopic (exact) mass is 1100 g/mol. The number of rotatable bonds is 22. The number of nitrogens with one attached hydrogen (secondary N) is 1. The Kier molecular flexibility index (Phi) is 23.4. The van der Waals surface area contributed by atoms with Crippen molar-refractivity contribution in [3.05, 3.63) is 0 Å². The lowest BCUT2D eigenvalue weighted by atomic mass is 9.94. The molecule has 75 heavy (non-hydrogen) atoms. The molecule has 0 saturated carbocycles. The summed E-state index contributed by atoms with van der Waals surface area (Å²) in [7, 11) is 0. The van der Waals surface area contributed by atoms with E-state index in [0.717, 1.165) is 6.92 Å². The number of nitrogens with two attached hydrogens (primary N) is 1. The average molecular weight is 1100 g/mol. The van der Waals surface area contributed by atoms with Gasteiger partial charge in [-0.05, 0) is 32.7 Å². The van der Waals surface area contributed by atoms with Crippen molar-refractivity contribution in [2.45, 2.75) is 217 Å². The Bertz CT molecular complexity index is 1720. The molecule has 6 rings (SSSR count). The second-order valence-electron chi connectivity index (χ2n) is 19.1. The second-order valence-corrected chi connectivity index (χ2v) is 19.1. The summed E-state index contributed by atoms with van der Waals surface area (Å²) in [6.45, 7) is -2.47. The molecule has 6 aliphatic heterocycles. The maximum Gasteiger partial charge on any atom is 0.217 e. The van der Waals surface area contributed by atoms with Crippen molar-refractivity contribution < 1.29 is 148 Å². The highest BCUT2D eigenvalue weighted by atomic mass is 19.1. The van der Waals surface area contributed by atoms with E-state index in [-0.39, 0.29) is 6.61 Å². The van der Waals surface area contributed by atoms with Crippen LogP contribution in [0.4, 0.5) is 4.39 Å². The minimum atomic E-state index is -2.22. The third-order valence-corrected chi connectivity index (χ3v) is 13.9. The standard InChI is InChI=1S/C43H75FN2O29/c1-13-21(52)25(56)29(60)40(65-13)75-37-26(57)22(53)16(9-47)69-43(37)73-35-20(46-14(2)51)38(67-17(10-48)23(35)54)74-36-24(55)18(11-49)68-42(32(36)63)72-34-19(12-50)70-41(31(62)28(34)59)71-33-15(8-44)66-39(30(61)27(33)58)64-7-5-3-4-6-45/h13,15-43,47-50,52-63H,3-12,45H2,1-2H3,(H,46,51)/t13?,15?,16?,17?,18?,19?,20?,21-,22+,23+,24+,25+,26+,27-,28-,29?,30?,31?,32?,33-,34+,35-,36+,37?,38+,39-,40+,41+,42-,43+/m1/s1. The van der Waals surface area contributed by atoms with Crippen molar-refractivity contribution in [3.63, 3.8) is 0 Å². The number of halogens is 1. The normalized spacial score (nSPS) is 48.9. The van der Waals surface area contributed by atoms with E-state index in [1.54, 1.807) is 0 Å². The summed E-state index contributed by atoms with van der Waals surface area (Å²) in [5.41, 5.74) is 5.49. The summed E-state index contributed by atoms with van der Waals surface area (Å²) in [5.74, 6) is -0.865. The topological polar surface area (TPSA) is 490 Å². The molecule has 0 aliphatic carbocycles. The Morgan fingerprint density at radius 2 is 0.893 bits per heavy atom. The summed E-state index contributed by atoms with van der Waals surface area (Å²) >= 11 is 0. The molecule has 32 heteroatoms. The fourth-order valence-electron chi connectivity index (χ4n) is 9.56. The molecule has 438 valence electrons. The predicted octanol–water partition coefficient (Wildman–Crippen LogP) is -10.8. The highest BCUT2D eigenvalue weighted by Gasteiger charge is 2.58. The van der Waals surface area contributed by atoms with Crippen LogP contribution in [-0.2, 0) is 61.6 Å². The number of amides is 1. The Hall–Kier alpha value is -1.76. The van der Waals surface area contributed by atoms with E-state index in [1.165, 1.54) is 6.92 Å². The van der Waals surface area contributed by atoms with Crippen molar-refractivity contribution in [1.82, 2.24) is 5.32 Å². The van der Waals surface area contributed by atoms with Crippen molar-refractivity contribution in [2.75, 3.05) is 46.3 Å². The SMILES string of the molecule is CC(=O)NC1[C@H](O[C@@H]2C(O)[C@@H](O[C@H]3C(CO)O[C@@H](O[C@@H]4C(CF)O[C@@H](OCCCCCN)C(O)[C@H]4O)C(O)[C@H]3O)OC(CO)[C@@H]2O)OC(CO)[C@H](O)[C@@H]1O[C@@H]1OC(CO)[C@H](O)[C@H](O)C1O[C@@H]1OC(C)[C@@H](O)[C@H](O)C1O. The van der Waals surface area contributed by atoms with Gasteiger partial charge in [0.1, 0.15) is 147 Å². The van der Waals surface area contributed by atoms with Gasteiger partial charge in [0.05, 0.1) is 32.5 Å². The van der Waals surface area contributed by atoms with Crippen LogP contribution in [0.1, 0.15) is 33.1 Å². The van der Waals surface area contributed by atoms with Gasteiger partial charge in [-0.25, -0.2) is 4.39 Å². The first-order chi connectivity index (χ1) is 35.7. The average Bonchev–Trinajstić information content (AvgIpc) is 3.39. The number of unbranched alkanes of at least 4 members (excludes halogenated alkanes) is 2. The van der Waals surface area contributed by atoms with E-state index in [9.17, 15) is 90.9 Å². The molecule has 1 amide bonds. The van der Waals surface area contributed by atoms with Crippen molar-refractivity contribution in [1.29, 1.82) is 0 Å². The number of hydrogen-bond acceptors (Lipinski definition) is 30. The molecule has 6 aliphatic rings. The molecule has 0 aromatic heterocycles. The van der Waals surface area contributed by atoms with Crippen LogP contribution >= 0.6 is 0 Å². The van der Waals surface area contributed by atoms with Gasteiger partial charge in [0, 0.05) is 13.5 Å². The van der Waals surface area contributed by atoms with E-state index in [1.807, 2.05) is 0 Å². The molecule has 0 aromatic carbocycles. The van der Waals surface area contributed by atoms with Crippen LogP contribution in [0.2, 0.25) is 0 Å². The number of ether oxygens (including phenoxy) is 12. The molecular weight excluding hydrogens is 1030 g/mol. The van der Waals surface area contributed by atoms with Crippen LogP contribution in [0.25, 0.3) is 0 Å². The van der Waals surface area contributed by atoms with Crippen molar-refractivity contribution in [2.24, 2.45) is 5.73 Å². The smallest absolute Gasteiger partial charge is 0.217 e. The van der Waals surface area contributed by atoms with Gasteiger partial charge in [-0.2, -0.15) is 0 Å². The highest BCUT2D eigenvalue weighted by Crippen LogP contribution is 2.37. The molecule has 0 bridgehead atoms. The summed E-state index contributed by atoms with van der Waals surface area (Å²) in [6.07, 6.45) is -52.2. The lowest BCUT2D eigenvalue weighted by molar-refractivity contribution is -0.393. The quantitative estimate of drug-likeness (QED) is 0.0448. The molecule has 0 spiro atoms. The van der Waals surface area contributed by atoms with Gasteiger partial charge in [0.25, 0.3) is 0 Å². The van der Waals surface area contributed by atoms with Crippen LogP contribution in [-0.4, -0.2) is 318 Å². The van der Waals surface area contributed by atoms with E-state index in [4.69, 9.17) is 62.6 Å². The third-order valence-electron chi connectivity index (χ3n) is 13.9. The fourth-order valence-corrected chi connectivity index (χ4v) is 9.56. The van der Waals surface area contributed by atoms with Crippen LogP contribution in [0, 0.1) is 0 Å². The Morgan fingerprint density at radius 1 is 0.453 bits per heavy atom. The number of aliphatic hydroxyl groups is 16. The van der Waals surface area contributed by atoms with Crippen LogP contribution in [0.5, 0.6) is 0 Å². The van der Waals surface area contributed by atoms with Crippen LogP contribution in [0.3, 0.4) is 0 Å². The van der Waals surface area contributed by atoms with Crippen LogP contribution < -0.4 is 11.1 Å². The molecule has 6 fully saturated rings. The van der Waals surface area contributed by atoms with Gasteiger partial charge < -0.3 is 150 Å². The number of aliphatic hydroxyl groups excluding tert-OH is 16. The van der Waals surface area contributed by atoms with E-state index < -0.39 is 223 Å². The van der Waals surface area contributed by atoms with E-state index >= 15 is 0 Å². The van der Waals surface area contributed by atoms with E-state index in [2.05, 4.69) is 5.32 Å². The molecule has 12 unspecified atom stereocenters. The molecule has 31 nitrogen and oxygen atoms in total. The van der Waals surface area contributed by atoms with Crippen LogP contribution in [0.15, 0.2) is 0 Å².